The van der Waals surface area contributed by atoms with E-state index < -0.39 is 15.8 Å². The first kappa shape index (κ1) is 16.2. The number of halogens is 2. The molecule has 1 aromatic heterocycles. The van der Waals surface area contributed by atoms with Crippen LogP contribution in [-0.4, -0.2) is 20.6 Å². The number of sulfonamides is 1. The van der Waals surface area contributed by atoms with E-state index in [-0.39, 0.29) is 17.2 Å². The Morgan fingerprint density at radius 2 is 2.14 bits per heavy atom. The van der Waals surface area contributed by atoms with E-state index in [0.29, 0.717) is 14.4 Å². The lowest BCUT2D eigenvalue weighted by Gasteiger charge is -2.09. The van der Waals surface area contributed by atoms with Crippen LogP contribution >= 0.6 is 27.3 Å². The van der Waals surface area contributed by atoms with Gasteiger partial charge < -0.3 is 9.84 Å². The second-order valence-corrected chi connectivity index (χ2v) is 8.07. The zero-order valence-corrected chi connectivity index (χ0v) is 14.0. The number of aliphatic hydroxyl groups is 1. The Balaban J connectivity index is 2.39. The molecule has 0 aliphatic carbocycles. The van der Waals surface area contributed by atoms with Gasteiger partial charge in [-0.3, -0.25) is 4.72 Å². The quantitative estimate of drug-likeness (QED) is 0.815. The molecule has 9 heteroatoms. The standard InChI is InChI=1S/C12H11BrFNO4S2/c1-19-7-2-3-9(14)10(4-7)15-21(17,18)11-5-8(6-16)20-12(11)13/h2-5,15-16H,6H2,1H3. The van der Waals surface area contributed by atoms with Gasteiger partial charge in [-0.15, -0.1) is 11.3 Å². The van der Waals surface area contributed by atoms with Crippen molar-refractivity contribution in [1.82, 2.24) is 0 Å². The monoisotopic (exact) mass is 395 g/mol. The molecule has 0 amide bonds. The molecule has 0 aliphatic rings. The molecule has 21 heavy (non-hydrogen) atoms. The number of hydrogen-bond acceptors (Lipinski definition) is 5. The molecule has 114 valence electrons. The van der Waals surface area contributed by atoms with Crippen molar-refractivity contribution in [1.29, 1.82) is 0 Å². The summed E-state index contributed by atoms with van der Waals surface area (Å²) in [6, 6.07) is 5.07. The molecule has 0 saturated heterocycles. The van der Waals surface area contributed by atoms with Crippen molar-refractivity contribution in [3.05, 3.63) is 38.7 Å². The van der Waals surface area contributed by atoms with Crippen LogP contribution in [0.15, 0.2) is 32.9 Å². The van der Waals surface area contributed by atoms with Crippen LogP contribution in [0.5, 0.6) is 5.75 Å². The van der Waals surface area contributed by atoms with Crippen LogP contribution in [0.1, 0.15) is 4.88 Å². The predicted molar refractivity (Wildman–Crippen MR) is 81.7 cm³/mol. The lowest BCUT2D eigenvalue weighted by molar-refractivity contribution is 0.285. The van der Waals surface area contributed by atoms with Gasteiger partial charge in [0, 0.05) is 10.9 Å². The second kappa shape index (κ2) is 6.30. The van der Waals surface area contributed by atoms with Gasteiger partial charge in [0.1, 0.15) is 16.5 Å². The summed E-state index contributed by atoms with van der Waals surface area (Å²) in [4.78, 5) is 0.423. The van der Waals surface area contributed by atoms with E-state index in [1.165, 1.54) is 25.3 Å². The Morgan fingerprint density at radius 1 is 1.43 bits per heavy atom. The second-order valence-electron chi connectivity index (χ2n) is 3.96. The van der Waals surface area contributed by atoms with Crippen LogP contribution in [0, 0.1) is 5.82 Å². The Morgan fingerprint density at radius 3 is 2.71 bits per heavy atom. The van der Waals surface area contributed by atoms with E-state index >= 15 is 0 Å². The first-order valence-electron chi connectivity index (χ1n) is 5.63. The average molecular weight is 396 g/mol. The molecule has 0 aliphatic heterocycles. The molecule has 2 N–H and O–H groups in total. The molecule has 0 atom stereocenters. The first-order chi connectivity index (χ1) is 9.87. The molecule has 2 aromatic rings. The highest BCUT2D eigenvalue weighted by molar-refractivity contribution is 9.11. The lowest BCUT2D eigenvalue weighted by atomic mass is 10.3. The fourth-order valence-corrected chi connectivity index (χ4v) is 5.17. The van der Waals surface area contributed by atoms with Gasteiger partial charge in [-0.2, -0.15) is 0 Å². The maximum Gasteiger partial charge on any atom is 0.263 e. The minimum absolute atomic E-state index is 0.0567. The number of anilines is 1. The Labute approximate surface area is 133 Å². The Bertz CT molecular complexity index is 761. The van der Waals surface area contributed by atoms with E-state index in [1.54, 1.807) is 0 Å². The topological polar surface area (TPSA) is 75.6 Å². The summed E-state index contributed by atoms with van der Waals surface area (Å²) in [6.45, 7) is -0.272. The first-order valence-corrected chi connectivity index (χ1v) is 8.72. The third kappa shape index (κ3) is 3.54. The largest absolute Gasteiger partial charge is 0.497 e. The number of rotatable bonds is 5. The van der Waals surface area contributed by atoms with Gasteiger partial charge in [-0.25, -0.2) is 12.8 Å². The molecule has 0 saturated carbocycles. The van der Waals surface area contributed by atoms with Crippen LogP contribution in [0.3, 0.4) is 0 Å². The van der Waals surface area contributed by atoms with Crippen LogP contribution in [0.25, 0.3) is 0 Å². The number of methoxy groups -OCH3 is 1. The van der Waals surface area contributed by atoms with Crippen molar-refractivity contribution >= 4 is 43.0 Å². The van der Waals surface area contributed by atoms with E-state index in [9.17, 15) is 12.8 Å². The minimum atomic E-state index is -3.97. The SMILES string of the molecule is COc1ccc(F)c(NS(=O)(=O)c2cc(CO)sc2Br)c1. The van der Waals surface area contributed by atoms with E-state index in [2.05, 4.69) is 20.7 Å². The van der Waals surface area contributed by atoms with Crippen molar-refractivity contribution in [3.8, 4) is 5.75 Å². The van der Waals surface area contributed by atoms with Crippen molar-refractivity contribution in [2.75, 3.05) is 11.8 Å². The summed E-state index contributed by atoms with van der Waals surface area (Å²) in [5, 5.41) is 9.04. The third-order valence-corrected chi connectivity index (χ3v) is 6.17. The van der Waals surface area contributed by atoms with Gasteiger partial charge >= 0.3 is 0 Å². The Hall–Kier alpha value is -1.16. The number of hydrogen-bond donors (Lipinski definition) is 2. The number of aliphatic hydroxyl groups excluding tert-OH is 1. The highest BCUT2D eigenvalue weighted by Crippen LogP contribution is 2.33. The van der Waals surface area contributed by atoms with Crippen molar-refractivity contribution in [2.24, 2.45) is 0 Å². The fraction of sp³-hybridized carbons (Fsp3) is 0.167. The smallest absolute Gasteiger partial charge is 0.263 e. The zero-order valence-electron chi connectivity index (χ0n) is 10.8. The fourth-order valence-electron chi connectivity index (χ4n) is 1.57. The molecule has 0 fully saturated rings. The molecule has 2 rings (SSSR count). The van der Waals surface area contributed by atoms with E-state index in [0.717, 1.165) is 17.4 Å². The molecular formula is C12H11BrFNO4S2. The highest BCUT2D eigenvalue weighted by atomic mass is 79.9. The van der Waals surface area contributed by atoms with Crippen molar-refractivity contribution in [2.45, 2.75) is 11.5 Å². The number of benzene rings is 1. The van der Waals surface area contributed by atoms with Gasteiger partial charge in [0.05, 0.1) is 23.2 Å². The van der Waals surface area contributed by atoms with Crippen LogP contribution in [0.4, 0.5) is 10.1 Å². The van der Waals surface area contributed by atoms with Crippen molar-refractivity contribution < 1.29 is 22.7 Å². The minimum Gasteiger partial charge on any atom is -0.497 e. The summed E-state index contributed by atoms with van der Waals surface area (Å²) in [6.07, 6.45) is 0. The number of ether oxygens (including phenoxy) is 1. The van der Waals surface area contributed by atoms with Crippen LogP contribution < -0.4 is 9.46 Å². The van der Waals surface area contributed by atoms with Gasteiger partial charge in [-0.05, 0) is 34.1 Å². The maximum atomic E-state index is 13.7. The molecule has 1 aromatic carbocycles. The molecule has 0 spiro atoms. The lowest BCUT2D eigenvalue weighted by Crippen LogP contribution is -2.13. The van der Waals surface area contributed by atoms with E-state index in [4.69, 9.17) is 9.84 Å². The average Bonchev–Trinajstić information content (AvgIpc) is 2.83. The molecule has 5 nitrogen and oxygen atoms in total. The zero-order chi connectivity index (χ0) is 15.6. The predicted octanol–water partition coefficient (Wildman–Crippen LogP) is 2.95. The van der Waals surface area contributed by atoms with Crippen LogP contribution in [0.2, 0.25) is 0 Å². The van der Waals surface area contributed by atoms with Gasteiger partial charge in [0.15, 0.2) is 0 Å². The third-order valence-electron chi connectivity index (χ3n) is 2.57. The summed E-state index contributed by atoms with van der Waals surface area (Å²) in [7, 11) is -2.58. The van der Waals surface area contributed by atoms with Gasteiger partial charge in [0.2, 0.25) is 0 Å². The van der Waals surface area contributed by atoms with E-state index in [1.807, 2.05) is 0 Å². The maximum absolute atomic E-state index is 13.7. The molecule has 1 heterocycles. The summed E-state index contributed by atoms with van der Waals surface area (Å²) >= 11 is 4.22. The Kier molecular flexibility index (Phi) is 4.87. The van der Waals surface area contributed by atoms with Crippen molar-refractivity contribution in [3.63, 3.8) is 0 Å². The number of thiophene rings is 1. The summed E-state index contributed by atoms with van der Waals surface area (Å²) in [5.74, 6) is -0.386. The molecule has 0 bridgehead atoms. The van der Waals surface area contributed by atoms with Gasteiger partial charge in [0.25, 0.3) is 10.0 Å². The molecule has 0 radical (unpaired) electrons. The number of nitrogens with one attached hydrogen (secondary N) is 1. The normalized spacial score (nSPS) is 11.4. The molecular weight excluding hydrogens is 385 g/mol. The summed E-state index contributed by atoms with van der Waals surface area (Å²) in [5.41, 5.74) is -0.210. The summed E-state index contributed by atoms with van der Waals surface area (Å²) < 4.78 is 45.7. The highest BCUT2D eigenvalue weighted by Gasteiger charge is 2.22. The van der Waals surface area contributed by atoms with Gasteiger partial charge in [-0.1, -0.05) is 0 Å². The van der Waals surface area contributed by atoms with Crippen LogP contribution in [-0.2, 0) is 16.6 Å². The molecule has 0 unspecified atom stereocenters.